The number of nitrogens with zero attached hydrogens (tertiary/aromatic N) is 2. The first-order valence-corrected chi connectivity index (χ1v) is 11.0. The van der Waals surface area contributed by atoms with Crippen LogP contribution in [0.25, 0.3) is 11.3 Å². The molecule has 1 saturated carbocycles. The number of H-pyrrole nitrogens is 1. The number of amides is 1. The maximum absolute atomic E-state index is 13.0. The third-order valence-corrected chi connectivity index (χ3v) is 6.17. The van der Waals surface area contributed by atoms with Crippen molar-refractivity contribution in [3.8, 4) is 17.0 Å². The van der Waals surface area contributed by atoms with E-state index in [0.29, 0.717) is 35.3 Å². The Labute approximate surface area is 190 Å². The molecule has 0 radical (unpaired) electrons. The monoisotopic (exact) mass is 460 g/mol. The maximum atomic E-state index is 13.0. The second kappa shape index (κ2) is 9.33. The van der Waals surface area contributed by atoms with E-state index in [4.69, 9.17) is 0 Å². The molecule has 33 heavy (non-hydrogen) atoms. The molecule has 1 amide bonds. The van der Waals surface area contributed by atoms with Crippen molar-refractivity contribution in [2.45, 2.75) is 44.9 Å². The van der Waals surface area contributed by atoms with Crippen LogP contribution in [0, 0.1) is 12.8 Å². The van der Waals surface area contributed by atoms with E-state index in [1.54, 1.807) is 19.1 Å². The van der Waals surface area contributed by atoms with E-state index in [-0.39, 0.29) is 17.2 Å². The summed E-state index contributed by atoms with van der Waals surface area (Å²) in [4.78, 5) is 16.0. The summed E-state index contributed by atoms with van der Waals surface area (Å²) in [6, 6.07) is 7.46. The van der Waals surface area contributed by atoms with Crippen molar-refractivity contribution < 1.29 is 22.7 Å². The van der Waals surface area contributed by atoms with Crippen LogP contribution in [0.1, 0.15) is 53.2 Å². The van der Waals surface area contributed by atoms with Crippen molar-refractivity contribution in [1.82, 2.24) is 20.1 Å². The number of alkyl halides is 3. The van der Waals surface area contributed by atoms with Gasteiger partial charge in [-0.05, 0) is 68.2 Å². The van der Waals surface area contributed by atoms with Crippen LogP contribution in [-0.2, 0) is 7.05 Å². The van der Waals surface area contributed by atoms with Gasteiger partial charge in [-0.2, -0.15) is 5.10 Å². The molecule has 0 aliphatic heterocycles. The minimum absolute atomic E-state index is 0.185. The summed E-state index contributed by atoms with van der Waals surface area (Å²) >= 11 is 0. The predicted octanol–water partition coefficient (Wildman–Crippen LogP) is 5.33. The predicted molar refractivity (Wildman–Crippen MR) is 118 cm³/mol. The van der Waals surface area contributed by atoms with Crippen LogP contribution in [0.4, 0.5) is 13.2 Å². The average molecular weight is 461 g/mol. The van der Waals surface area contributed by atoms with Crippen molar-refractivity contribution in [2.24, 2.45) is 13.0 Å². The lowest BCUT2D eigenvalue weighted by Crippen LogP contribution is -2.31. The molecule has 2 N–H and O–H groups in total. The summed E-state index contributed by atoms with van der Waals surface area (Å²) in [5.74, 6) is 0.195. The average Bonchev–Trinajstić information content (AvgIpc) is 3.37. The minimum Gasteiger partial charge on any atom is -0.405 e. The standard InChI is InChI=1S/C24H27F3N4O2/c1-15-11-20(22(30-15)19-5-3-4-6-21(19)33-24(25,26)27)23(32)28-12-16-7-9-17(10-8-16)18-13-29-31(2)14-18/h3-6,11,13-14,16-17,30H,7-10,12H2,1-2H3,(H,28,32). The zero-order valence-electron chi connectivity index (χ0n) is 18.6. The van der Waals surface area contributed by atoms with Gasteiger partial charge in [0.05, 0.1) is 17.5 Å². The molecule has 0 spiro atoms. The summed E-state index contributed by atoms with van der Waals surface area (Å²) in [6.45, 7) is 2.29. The number of aromatic amines is 1. The molecule has 0 bridgehead atoms. The Morgan fingerprint density at radius 3 is 2.64 bits per heavy atom. The van der Waals surface area contributed by atoms with Gasteiger partial charge >= 0.3 is 6.36 Å². The molecule has 2 aromatic heterocycles. The van der Waals surface area contributed by atoms with Gasteiger partial charge in [-0.15, -0.1) is 13.2 Å². The first-order valence-electron chi connectivity index (χ1n) is 11.0. The Bertz CT molecular complexity index is 1110. The largest absolute Gasteiger partial charge is 0.573 e. The highest BCUT2D eigenvalue weighted by Crippen LogP contribution is 2.37. The molecule has 3 aromatic rings. The van der Waals surface area contributed by atoms with E-state index in [2.05, 4.69) is 26.3 Å². The van der Waals surface area contributed by atoms with Gasteiger partial charge in [0.2, 0.25) is 0 Å². The van der Waals surface area contributed by atoms with Crippen molar-refractivity contribution in [3.05, 3.63) is 59.5 Å². The number of ether oxygens (including phenoxy) is 1. The molecule has 1 aliphatic rings. The minimum atomic E-state index is -4.82. The molecule has 0 atom stereocenters. The number of para-hydroxylation sites is 1. The lowest BCUT2D eigenvalue weighted by molar-refractivity contribution is -0.274. The lowest BCUT2D eigenvalue weighted by Gasteiger charge is -2.28. The van der Waals surface area contributed by atoms with Crippen molar-refractivity contribution in [1.29, 1.82) is 0 Å². The summed E-state index contributed by atoms with van der Waals surface area (Å²) in [5.41, 5.74) is 2.73. The Morgan fingerprint density at radius 2 is 1.97 bits per heavy atom. The normalized spacial score (nSPS) is 18.8. The summed E-state index contributed by atoms with van der Waals surface area (Å²) in [5, 5.41) is 7.23. The molecule has 9 heteroatoms. The van der Waals surface area contributed by atoms with E-state index >= 15 is 0 Å². The quantitative estimate of drug-likeness (QED) is 0.523. The molecular formula is C24H27F3N4O2. The van der Waals surface area contributed by atoms with Gasteiger partial charge in [0.1, 0.15) is 5.75 Å². The molecule has 0 saturated heterocycles. The zero-order chi connectivity index (χ0) is 23.6. The summed E-state index contributed by atoms with van der Waals surface area (Å²) in [6.07, 6.45) is 3.24. The molecule has 1 aliphatic carbocycles. The van der Waals surface area contributed by atoms with Gasteiger partial charge in [-0.3, -0.25) is 9.48 Å². The fourth-order valence-corrected chi connectivity index (χ4v) is 4.55. The summed E-state index contributed by atoms with van der Waals surface area (Å²) < 4.78 is 44.5. The number of hydrogen-bond donors (Lipinski definition) is 2. The fourth-order valence-electron chi connectivity index (χ4n) is 4.55. The number of hydrogen-bond acceptors (Lipinski definition) is 3. The van der Waals surface area contributed by atoms with Gasteiger partial charge in [0.15, 0.2) is 0 Å². The third-order valence-electron chi connectivity index (χ3n) is 6.17. The third kappa shape index (κ3) is 5.58. The van der Waals surface area contributed by atoms with Crippen molar-refractivity contribution in [2.75, 3.05) is 6.54 Å². The van der Waals surface area contributed by atoms with Gasteiger partial charge in [-0.25, -0.2) is 0 Å². The summed E-state index contributed by atoms with van der Waals surface area (Å²) in [7, 11) is 1.91. The highest BCUT2D eigenvalue weighted by molar-refractivity contribution is 6.01. The Hall–Kier alpha value is -3.23. The smallest absolute Gasteiger partial charge is 0.405 e. The van der Waals surface area contributed by atoms with Crippen LogP contribution in [0.3, 0.4) is 0 Å². The van der Waals surface area contributed by atoms with Gasteiger partial charge in [-0.1, -0.05) is 12.1 Å². The van der Waals surface area contributed by atoms with Crippen LogP contribution in [0.15, 0.2) is 42.7 Å². The first-order chi connectivity index (χ1) is 15.7. The van der Waals surface area contributed by atoms with E-state index in [1.165, 1.54) is 23.8 Å². The van der Waals surface area contributed by atoms with Crippen LogP contribution < -0.4 is 10.1 Å². The van der Waals surface area contributed by atoms with Crippen LogP contribution in [-0.4, -0.2) is 33.6 Å². The number of halogens is 3. The number of benzene rings is 1. The number of carbonyl (C=O) groups excluding carboxylic acids is 1. The van der Waals surface area contributed by atoms with Crippen LogP contribution in [0.5, 0.6) is 5.75 Å². The molecule has 1 fully saturated rings. The Morgan fingerprint density at radius 1 is 1.24 bits per heavy atom. The molecule has 1 aromatic carbocycles. The molecule has 4 rings (SSSR count). The van der Waals surface area contributed by atoms with Gasteiger partial charge in [0, 0.05) is 31.0 Å². The van der Waals surface area contributed by atoms with Crippen LogP contribution >= 0.6 is 0 Å². The van der Waals surface area contributed by atoms with Crippen molar-refractivity contribution >= 4 is 5.91 Å². The number of rotatable bonds is 6. The Kier molecular flexibility index (Phi) is 6.49. The Balaban J connectivity index is 1.41. The first kappa shape index (κ1) is 22.9. The second-order valence-corrected chi connectivity index (χ2v) is 8.66. The van der Waals surface area contributed by atoms with Crippen molar-refractivity contribution in [3.63, 3.8) is 0 Å². The SMILES string of the molecule is Cc1cc(C(=O)NCC2CCC(c3cnn(C)c3)CC2)c(-c2ccccc2OC(F)(F)F)[nH]1. The topological polar surface area (TPSA) is 71.9 Å². The number of aryl methyl sites for hydroxylation is 2. The lowest BCUT2D eigenvalue weighted by atomic mass is 9.79. The van der Waals surface area contributed by atoms with E-state index < -0.39 is 6.36 Å². The zero-order valence-corrected chi connectivity index (χ0v) is 18.6. The molecule has 6 nitrogen and oxygen atoms in total. The van der Waals surface area contributed by atoms with Crippen LogP contribution in [0.2, 0.25) is 0 Å². The number of aromatic nitrogens is 3. The number of carbonyl (C=O) groups is 1. The highest BCUT2D eigenvalue weighted by Gasteiger charge is 2.33. The molecular weight excluding hydrogens is 433 g/mol. The fraction of sp³-hybridized carbons (Fsp3) is 0.417. The van der Waals surface area contributed by atoms with E-state index in [1.807, 2.05) is 17.9 Å². The molecule has 2 heterocycles. The van der Waals surface area contributed by atoms with Gasteiger partial charge < -0.3 is 15.0 Å². The highest BCUT2D eigenvalue weighted by atomic mass is 19.4. The molecule has 0 unspecified atom stereocenters. The molecule has 176 valence electrons. The second-order valence-electron chi connectivity index (χ2n) is 8.66. The maximum Gasteiger partial charge on any atom is 0.573 e. The van der Waals surface area contributed by atoms with E-state index in [9.17, 15) is 18.0 Å². The van der Waals surface area contributed by atoms with E-state index in [0.717, 1.165) is 25.7 Å². The number of nitrogens with one attached hydrogen (secondary N) is 2. The van der Waals surface area contributed by atoms with Gasteiger partial charge in [0.25, 0.3) is 5.91 Å².